The highest BCUT2D eigenvalue weighted by Crippen LogP contribution is 2.40. The number of benzene rings is 1. The topological polar surface area (TPSA) is 80.8 Å². The van der Waals surface area contributed by atoms with Gasteiger partial charge in [-0.1, -0.05) is 55.5 Å². The molecule has 0 aliphatic heterocycles. The second-order valence-corrected chi connectivity index (χ2v) is 7.28. The molecule has 0 radical (unpaired) electrons. The van der Waals surface area contributed by atoms with Gasteiger partial charge >= 0.3 is 0 Å². The standard InChI is InChI=1S/C22H31NO2.H2O/c1-18(2)23-17-11-5-10-16-21(24)22(25,19-12-6-3-7-13-19)20-14-8-4-9-15-20;/h3,6-7,12-13,18,20,23,25H,4,8-10,14-17H2,1-2H3;1H2. The minimum Gasteiger partial charge on any atom is -0.412 e. The Kier molecular flexibility index (Phi) is 9.58. The first-order chi connectivity index (χ1) is 12.0. The van der Waals surface area contributed by atoms with Crippen LogP contribution in [0.3, 0.4) is 0 Å². The van der Waals surface area contributed by atoms with E-state index in [1.54, 1.807) is 0 Å². The van der Waals surface area contributed by atoms with Gasteiger partial charge in [-0.05, 0) is 38.2 Å². The zero-order valence-corrected chi connectivity index (χ0v) is 16.1. The van der Waals surface area contributed by atoms with Gasteiger partial charge in [0.1, 0.15) is 0 Å². The molecular weight excluding hydrogens is 326 g/mol. The fourth-order valence-corrected chi connectivity index (χ4v) is 3.61. The molecule has 4 nitrogen and oxygen atoms in total. The monoisotopic (exact) mass is 359 g/mol. The van der Waals surface area contributed by atoms with Crippen molar-refractivity contribution in [1.82, 2.24) is 5.32 Å². The number of Topliss-reactive ketones (excluding diaryl/α,β-unsaturated/α-hetero) is 1. The first-order valence-corrected chi connectivity index (χ1v) is 9.55. The number of aliphatic hydroxyl groups is 1. The van der Waals surface area contributed by atoms with E-state index in [2.05, 4.69) is 31.0 Å². The smallest absolute Gasteiger partial charge is 0.170 e. The Labute approximate surface area is 157 Å². The van der Waals surface area contributed by atoms with Gasteiger partial charge in [-0.2, -0.15) is 0 Å². The highest BCUT2D eigenvalue weighted by molar-refractivity contribution is 5.88. The largest absolute Gasteiger partial charge is 0.412 e. The maximum atomic E-state index is 13.0. The van der Waals surface area contributed by atoms with Gasteiger partial charge in [0.2, 0.25) is 0 Å². The Balaban J connectivity index is 0.00000338. The van der Waals surface area contributed by atoms with Crippen molar-refractivity contribution in [3.8, 4) is 11.8 Å². The Morgan fingerprint density at radius 2 is 1.85 bits per heavy atom. The Morgan fingerprint density at radius 3 is 2.46 bits per heavy atom. The van der Waals surface area contributed by atoms with Gasteiger partial charge < -0.3 is 15.9 Å². The molecule has 1 aromatic rings. The molecule has 4 heteroatoms. The molecule has 144 valence electrons. The SMILES string of the molecule is CC(C)NCC#CCCC(=O)C(O)(c1ccccc1)C1CCCCC1.O. The van der Waals surface area contributed by atoms with E-state index in [1.165, 1.54) is 6.42 Å². The van der Waals surface area contributed by atoms with Crippen molar-refractivity contribution in [2.75, 3.05) is 6.54 Å². The molecule has 26 heavy (non-hydrogen) atoms. The molecule has 1 atom stereocenters. The summed E-state index contributed by atoms with van der Waals surface area (Å²) >= 11 is 0. The van der Waals surface area contributed by atoms with Gasteiger partial charge in [0.25, 0.3) is 0 Å². The minimum absolute atomic E-state index is 0. The predicted octanol–water partition coefficient (Wildman–Crippen LogP) is 2.98. The highest BCUT2D eigenvalue weighted by Gasteiger charge is 2.44. The third-order valence-electron chi connectivity index (χ3n) is 5.04. The molecule has 1 fully saturated rings. The summed E-state index contributed by atoms with van der Waals surface area (Å²) in [5.41, 5.74) is -0.624. The average molecular weight is 360 g/mol. The van der Waals surface area contributed by atoms with Crippen molar-refractivity contribution >= 4 is 5.78 Å². The van der Waals surface area contributed by atoms with Crippen LogP contribution < -0.4 is 5.32 Å². The van der Waals surface area contributed by atoms with Gasteiger partial charge in [0, 0.05) is 18.9 Å². The van der Waals surface area contributed by atoms with Gasteiger partial charge in [-0.25, -0.2) is 0 Å². The molecule has 0 saturated heterocycles. The molecule has 1 unspecified atom stereocenters. The Morgan fingerprint density at radius 1 is 1.19 bits per heavy atom. The molecule has 1 aliphatic carbocycles. The summed E-state index contributed by atoms with van der Waals surface area (Å²) in [7, 11) is 0. The number of carbonyl (C=O) groups excluding carboxylic acids is 1. The molecule has 1 saturated carbocycles. The molecule has 0 bridgehead atoms. The number of nitrogens with one attached hydrogen (secondary N) is 1. The molecule has 1 aromatic carbocycles. The highest BCUT2D eigenvalue weighted by atomic mass is 16.3. The van der Waals surface area contributed by atoms with Crippen molar-refractivity contribution in [3.05, 3.63) is 35.9 Å². The first-order valence-electron chi connectivity index (χ1n) is 9.55. The summed E-state index contributed by atoms with van der Waals surface area (Å²) in [6.45, 7) is 4.79. The number of carbonyl (C=O) groups is 1. The van der Waals surface area contributed by atoms with Crippen LogP contribution in [0.25, 0.3) is 0 Å². The second kappa shape index (κ2) is 11.1. The van der Waals surface area contributed by atoms with E-state index in [4.69, 9.17) is 0 Å². The van der Waals surface area contributed by atoms with Crippen LogP contribution in [0.4, 0.5) is 0 Å². The van der Waals surface area contributed by atoms with E-state index in [-0.39, 0.29) is 17.2 Å². The lowest BCUT2D eigenvalue weighted by Gasteiger charge is -2.37. The zero-order chi connectivity index (χ0) is 18.1. The summed E-state index contributed by atoms with van der Waals surface area (Å²) < 4.78 is 0. The molecule has 1 aliphatic rings. The third-order valence-corrected chi connectivity index (χ3v) is 5.04. The Hall–Kier alpha value is -1.67. The quantitative estimate of drug-likeness (QED) is 0.735. The molecule has 0 amide bonds. The van der Waals surface area contributed by atoms with E-state index in [0.29, 0.717) is 25.4 Å². The van der Waals surface area contributed by atoms with Gasteiger partial charge in [-0.15, -0.1) is 5.92 Å². The fourth-order valence-electron chi connectivity index (χ4n) is 3.61. The maximum absolute atomic E-state index is 13.0. The Bertz CT molecular complexity index is 597. The molecular formula is C22H33NO3. The van der Waals surface area contributed by atoms with E-state index in [9.17, 15) is 9.90 Å². The molecule has 4 N–H and O–H groups in total. The lowest BCUT2D eigenvalue weighted by molar-refractivity contribution is -0.146. The maximum Gasteiger partial charge on any atom is 0.170 e. The van der Waals surface area contributed by atoms with Crippen molar-refractivity contribution in [3.63, 3.8) is 0 Å². The summed E-state index contributed by atoms with van der Waals surface area (Å²) in [6.07, 6.45) is 6.02. The normalized spacial score (nSPS) is 16.9. The van der Waals surface area contributed by atoms with Crippen LogP contribution in [0, 0.1) is 17.8 Å². The average Bonchev–Trinajstić information content (AvgIpc) is 2.64. The van der Waals surface area contributed by atoms with Crippen LogP contribution in [0.1, 0.15) is 64.4 Å². The molecule has 2 rings (SSSR count). The fraction of sp³-hybridized carbons (Fsp3) is 0.591. The lowest BCUT2D eigenvalue weighted by Crippen LogP contribution is -2.44. The summed E-state index contributed by atoms with van der Waals surface area (Å²) in [5.74, 6) is 6.04. The van der Waals surface area contributed by atoms with Crippen LogP contribution in [0.2, 0.25) is 0 Å². The summed E-state index contributed by atoms with van der Waals surface area (Å²) in [5, 5.41) is 14.7. The van der Waals surface area contributed by atoms with Gasteiger partial charge in [-0.3, -0.25) is 4.79 Å². The van der Waals surface area contributed by atoms with Crippen LogP contribution >= 0.6 is 0 Å². The van der Waals surface area contributed by atoms with E-state index < -0.39 is 5.60 Å². The van der Waals surface area contributed by atoms with Crippen molar-refractivity contribution in [1.29, 1.82) is 0 Å². The van der Waals surface area contributed by atoms with Crippen LogP contribution in [0.5, 0.6) is 0 Å². The lowest BCUT2D eigenvalue weighted by atomic mass is 9.70. The van der Waals surface area contributed by atoms with Gasteiger partial charge in [0.15, 0.2) is 11.4 Å². The summed E-state index contributed by atoms with van der Waals surface area (Å²) in [6, 6.07) is 9.88. The summed E-state index contributed by atoms with van der Waals surface area (Å²) in [4.78, 5) is 13.0. The minimum atomic E-state index is -1.36. The van der Waals surface area contributed by atoms with Crippen LogP contribution in [-0.2, 0) is 10.4 Å². The molecule has 0 spiro atoms. The van der Waals surface area contributed by atoms with Crippen molar-refractivity contribution < 1.29 is 15.4 Å². The van der Waals surface area contributed by atoms with Gasteiger partial charge in [0.05, 0.1) is 6.54 Å². The van der Waals surface area contributed by atoms with Crippen molar-refractivity contribution in [2.24, 2.45) is 5.92 Å². The van der Waals surface area contributed by atoms with Crippen LogP contribution in [-0.4, -0.2) is 29.0 Å². The number of hydrogen-bond acceptors (Lipinski definition) is 3. The van der Waals surface area contributed by atoms with Crippen molar-refractivity contribution in [2.45, 2.75) is 70.4 Å². The number of hydrogen-bond donors (Lipinski definition) is 2. The molecule has 0 heterocycles. The zero-order valence-electron chi connectivity index (χ0n) is 16.1. The number of rotatable bonds is 7. The van der Waals surface area contributed by atoms with E-state index >= 15 is 0 Å². The molecule has 0 aromatic heterocycles. The first kappa shape index (κ1) is 22.4. The van der Waals surface area contributed by atoms with E-state index in [1.807, 2.05) is 30.3 Å². The predicted molar refractivity (Wildman–Crippen MR) is 106 cm³/mol. The number of ketones is 1. The second-order valence-electron chi connectivity index (χ2n) is 7.28. The third kappa shape index (κ3) is 5.95. The van der Waals surface area contributed by atoms with E-state index in [0.717, 1.165) is 31.2 Å². The van der Waals surface area contributed by atoms with Crippen LogP contribution in [0.15, 0.2) is 30.3 Å².